The molecule has 2 aromatic heterocycles. The summed E-state index contributed by atoms with van der Waals surface area (Å²) in [4.78, 5) is 28.6. The van der Waals surface area contributed by atoms with E-state index in [1.165, 1.54) is 18.6 Å². The van der Waals surface area contributed by atoms with Crippen molar-refractivity contribution in [2.45, 2.75) is 49.5 Å². The Morgan fingerprint density at radius 2 is 1.68 bits per heavy atom. The molecule has 1 saturated heterocycles. The summed E-state index contributed by atoms with van der Waals surface area (Å²) in [6.07, 6.45) is 7.13. The molecule has 4 aromatic rings. The molecule has 0 atom stereocenters. The van der Waals surface area contributed by atoms with Gasteiger partial charge in [-0.3, -0.25) is 9.59 Å². The molecule has 0 bridgehead atoms. The molecule has 1 aliphatic heterocycles. The van der Waals surface area contributed by atoms with Gasteiger partial charge in [0.15, 0.2) is 5.76 Å². The molecule has 6 rings (SSSR count). The second-order valence-corrected chi connectivity index (χ2v) is 12.3. The second-order valence-electron chi connectivity index (χ2n) is 10.6. The van der Waals surface area contributed by atoms with Crippen LogP contribution in [0.2, 0.25) is 0 Å². The van der Waals surface area contributed by atoms with Crippen molar-refractivity contribution in [3.63, 3.8) is 0 Å². The van der Waals surface area contributed by atoms with E-state index in [0.717, 1.165) is 42.3 Å². The van der Waals surface area contributed by atoms with Gasteiger partial charge >= 0.3 is 0 Å². The van der Waals surface area contributed by atoms with Gasteiger partial charge in [-0.1, -0.05) is 43.5 Å². The van der Waals surface area contributed by atoms with Gasteiger partial charge in [-0.25, -0.2) is 13.1 Å². The monoisotopic (exact) mass is 575 g/mol. The van der Waals surface area contributed by atoms with Gasteiger partial charge in [0.1, 0.15) is 6.54 Å². The van der Waals surface area contributed by atoms with Crippen LogP contribution in [0.3, 0.4) is 0 Å². The number of sulfonamides is 1. The number of nitrogens with zero attached hydrogens (tertiary/aromatic N) is 2. The highest BCUT2D eigenvalue weighted by molar-refractivity contribution is 7.90. The molecule has 1 N–H and O–H groups in total. The molecule has 1 aliphatic carbocycles. The molecule has 2 fully saturated rings. The van der Waals surface area contributed by atoms with Gasteiger partial charge in [-0.2, -0.15) is 0 Å². The van der Waals surface area contributed by atoms with E-state index >= 15 is 0 Å². The van der Waals surface area contributed by atoms with Crippen molar-refractivity contribution < 1.29 is 27.2 Å². The molecule has 2 amide bonds. The highest BCUT2D eigenvalue weighted by Gasteiger charge is 2.30. The van der Waals surface area contributed by atoms with Gasteiger partial charge in [0.05, 0.1) is 35.6 Å². The molecule has 9 nitrogen and oxygen atoms in total. The summed E-state index contributed by atoms with van der Waals surface area (Å²) in [6, 6.07) is 16.8. The Labute approximate surface area is 239 Å². The van der Waals surface area contributed by atoms with Crippen LogP contribution in [0.25, 0.3) is 22.4 Å². The number of carbonyl (C=O) groups is 2. The second kappa shape index (κ2) is 11.5. The van der Waals surface area contributed by atoms with Crippen LogP contribution in [-0.2, 0) is 26.1 Å². The number of benzene rings is 2. The molecule has 0 unspecified atom stereocenters. The molecule has 2 aromatic carbocycles. The molecular formula is C31H33N3O6S. The number of fused-ring (bicyclic) bond motifs is 1. The Morgan fingerprint density at radius 3 is 2.39 bits per heavy atom. The van der Waals surface area contributed by atoms with Gasteiger partial charge < -0.3 is 18.6 Å². The molecule has 0 spiro atoms. The number of nitrogens with one attached hydrogen (secondary N) is 1. The summed E-state index contributed by atoms with van der Waals surface area (Å²) in [7, 11) is -4.05. The lowest BCUT2D eigenvalue weighted by atomic mass is 9.82. The van der Waals surface area contributed by atoms with Crippen molar-refractivity contribution in [2.24, 2.45) is 0 Å². The Bertz CT molecular complexity index is 1650. The average Bonchev–Trinajstić information content (AvgIpc) is 3.64. The van der Waals surface area contributed by atoms with Crippen LogP contribution in [0, 0.1) is 0 Å². The lowest BCUT2D eigenvalue weighted by Gasteiger charge is -2.27. The number of hydrogen-bond donors (Lipinski definition) is 1. The van der Waals surface area contributed by atoms with Gasteiger partial charge in [-0.15, -0.1) is 0 Å². The molecule has 0 radical (unpaired) electrons. The standard InChI is InChI=1S/C31H33N3O6S/c35-28(33-15-18-39-19-16-33)21-34-26-20-23(31(36)32-41(37,38)24-10-5-2-6-11-24)13-14-25(26)29(22-8-3-1-4-9-22)30(34)27-12-7-17-40-27/h2,5-7,10-14,17,20,22H,1,3-4,8-9,15-16,18-19,21H2,(H,32,36). The van der Waals surface area contributed by atoms with Crippen LogP contribution in [0.5, 0.6) is 0 Å². The van der Waals surface area contributed by atoms with Crippen molar-refractivity contribution >= 4 is 32.7 Å². The number of hydrogen-bond acceptors (Lipinski definition) is 6. The van der Waals surface area contributed by atoms with E-state index in [9.17, 15) is 18.0 Å². The number of morpholine rings is 1. The lowest BCUT2D eigenvalue weighted by Crippen LogP contribution is -2.42. The van der Waals surface area contributed by atoms with E-state index in [-0.39, 0.29) is 28.8 Å². The maximum atomic E-state index is 13.5. The van der Waals surface area contributed by atoms with Crippen molar-refractivity contribution in [1.82, 2.24) is 14.2 Å². The number of carbonyl (C=O) groups excluding carboxylic acids is 2. The van der Waals surface area contributed by atoms with Crippen LogP contribution in [0.15, 0.2) is 76.2 Å². The SMILES string of the molecule is O=C(NS(=O)(=O)c1ccccc1)c1ccc2c(C3CCCCC3)c(-c3ccco3)n(CC(=O)N3CCOCC3)c2c1. The molecule has 41 heavy (non-hydrogen) atoms. The average molecular weight is 576 g/mol. The fraction of sp³-hybridized carbons (Fsp3) is 0.355. The fourth-order valence-corrected chi connectivity index (χ4v) is 7.05. The maximum absolute atomic E-state index is 13.5. The summed E-state index contributed by atoms with van der Waals surface area (Å²) < 4.78 is 41.2. The van der Waals surface area contributed by atoms with Crippen molar-refractivity contribution in [3.05, 3.63) is 78.1 Å². The summed E-state index contributed by atoms with van der Waals surface area (Å²) in [5.41, 5.74) is 2.85. The van der Waals surface area contributed by atoms with Gasteiger partial charge in [0.25, 0.3) is 15.9 Å². The van der Waals surface area contributed by atoms with Crippen molar-refractivity contribution in [2.75, 3.05) is 26.3 Å². The topological polar surface area (TPSA) is 111 Å². The zero-order valence-corrected chi connectivity index (χ0v) is 23.6. The van der Waals surface area contributed by atoms with Crippen LogP contribution in [-0.4, -0.2) is 56.0 Å². The number of ether oxygens (including phenoxy) is 1. The van der Waals surface area contributed by atoms with Crippen LogP contribution in [0.4, 0.5) is 0 Å². The third-order valence-electron chi connectivity index (χ3n) is 8.07. The minimum Gasteiger partial charge on any atom is -0.463 e. The number of aromatic nitrogens is 1. The minimum absolute atomic E-state index is 0.00796. The predicted molar refractivity (Wildman–Crippen MR) is 154 cm³/mol. The highest BCUT2D eigenvalue weighted by Crippen LogP contribution is 2.44. The van der Waals surface area contributed by atoms with E-state index in [0.29, 0.717) is 37.6 Å². The number of rotatable bonds is 7. The summed E-state index contributed by atoms with van der Waals surface area (Å²) in [6.45, 7) is 2.10. The molecule has 10 heteroatoms. The number of amides is 2. The first-order valence-corrected chi connectivity index (χ1v) is 15.6. The fourth-order valence-electron chi connectivity index (χ4n) is 6.05. The highest BCUT2D eigenvalue weighted by atomic mass is 32.2. The molecule has 3 heterocycles. The Hall–Kier alpha value is -3.89. The van der Waals surface area contributed by atoms with Crippen molar-refractivity contribution in [1.29, 1.82) is 0 Å². The summed E-state index contributed by atoms with van der Waals surface area (Å²) >= 11 is 0. The van der Waals surface area contributed by atoms with Crippen molar-refractivity contribution in [3.8, 4) is 11.5 Å². The largest absolute Gasteiger partial charge is 0.463 e. The van der Waals surface area contributed by atoms with E-state index in [4.69, 9.17) is 9.15 Å². The quantitative estimate of drug-likeness (QED) is 0.335. The van der Waals surface area contributed by atoms with E-state index < -0.39 is 15.9 Å². The lowest BCUT2D eigenvalue weighted by molar-refractivity contribution is -0.135. The Balaban J connectivity index is 1.46. The van der Waals surface area contributed by atoms with Crippen LogP contribution in [0.1, 0.15) is 53.9 Å². The normalized spacial score (nSPS) is 16.6. The predicted octanol–water partition coefficient (Wildman–Crippen LogP) is 4.93. The van der Waals surface area contributed by atoms with Crippen LogP contribution >= 0.6 is 0 Å². The molecule has 1 saturated carbocycles. The maximum Gasteiger partial charge on any atom is 0.265 e. The van der Waals surface area contributed by atoms with Gasteiger partial charge in [0.2, 0.25) is 5.91 Å². The van der Waals surface area contributed by atoms with Crippen LogP contribution < -0.4 is 4.72 Å². The minimum atomic E-state index is -4.05. The first-order valence-electron chi connectivity index (χ1n) is 14.1. The first kappa shape index (κ1) is 27.3. The summed E-state index contributed by atoms with van der Waals surface area (Å²) in [5, 5.41) is 0.945. The van der Waals surface area contributed by atoms with E-state index in [2.05, 4.69) is 4.72 Å². The molecular weight excluding hydrogens is 542 g/mol. The smallest absolute Gasteiger partial charge is 0.265 e. The zero-order chi connectivity index (χ0) is 28.4. The van der Waals surface area contributed by atoms with Gasteiger partial charge in [-0.05, 0) is 60.7 Å². The molecule has 2 aliphatic rings. The van der Waals surface area contributed by atoms with E-state index in [1.54, 1.807) is 41.5 Å². The Kier molecular flexibility index (Phi) is 7.68. The third-order valence-corrected chi connectivity index (χ3v) is 9.42. The zero-order valence-electron chi connectivity index (χ0n) is 22.8. The van der Waals surface area contributed by atoms with Gasteiger partial charge in [0, 0.05) is 24.0 Å². The summed E-state index contributed by atoms with van der Waals surface area (Å²) in [5.74, 6) is 0.162. The molecule has 214 valence electrons. The van der Waals surface area contributed by atoms with E-state index in [1.807, 2.05) is 22.8 Å². The Morgan fingerprint density at radius 1 is 0.927 bits per heavy atom. The third kappa shape index (κ3) is 5.54. The first-order chi connectivity index (χ1) is 19.9. The number of furan rings is 1.